The van der Waals surface area contributed by atoms with Gasteiger partial charge >= 0.3 is 0 Å². The Morgan fingerprint density at radius 3 is 2.33 bits per heavy atom. The van der Waals surface area contributed by atoms with Crippen molar-refractivity contribution in [3.8, 4) is 0 Å². The van der Waals surface area contributed by atoms with Gasteiger partial charge in [-0.2, -0.15) is 4.31 Å². The number of benzene rings is 2. The first kappa shape index (κ1) is 15.9. The third-order valence-electron chi connectivity index (χ3n) is 3.09. The molecule has 0 atom stereocenters. The van der Waals surface area contributed by atoms with Crippen molar-refractivity contribution < 1.29 is 12.8 Å². The van der Waals surface area contributed by atoms with Crippen molar-refractivity contribution in [2.24, 2.45) is 0 Å². The number of hydrogen-bond acceptors (Lipinski definition) is 2. The van der Waals surface area contributed by atoms with Crippen LogP contribution in [0.15, 0.2) is 53.4 Å². The number of sulfonamides is 1. The molecule has 0 unspecified atom stereocenters. The van der Waals surface area contributed by atoms with E-state index in [0.717, 1.165) is 15.9 Å². The van der Waals surface area contributed by atoms with Crippen molar-refractivity contribution in [2.45, 2.75) is 17.3 Å². The van der Waals surface area contributed by atoms with E-state index in [1.54, 1.807) is 0 Å². The minimum absolute atomic E-state index is 0.136. The van der Waals surface area contributed by atoms with Crippen LogP contribution in [0.4, 0.5) is 4.39 Å². The van der Waals surface area contributed by atoms with Crippen molar-refractivity contribution in [3.63, 3.8) is 0 Å². The third-order valence-corrected chi connectivity index (χ3v) is 5.23. The summed E-state index contributed by atoms with van der Waals surface area (Å²) in [7, 11) is -2.45. The van der Waals surface area contributed by atoms with E-state index in [-0.39, 0.29) is 17.3 Å². The molecule has 0 radical (unpaired) electrons. The van der Waals surface area contributed by atoms with Crippen LogP contribution in [0.3, 0.4) is 0 Å². The predicted molar refractivity (Wildman–Crippen MR) is 81.1 cm³/mol. The van der Waals surface area contributed by atoms with Gasteiger partial charge in [0.25, 0.3) is 0 Å². The molecule has 2 aromatic rings. The number of halogens is 2. The van der Waals surface area contributed by atoms with Crippen molar-refractivity contribution in [1.29, 1.82) is 0 Å². The molecule has 112 valence electrons. The molecule has 3 nitrogen and oxygen atoms in total. The molecule has 0 saturated carbocycles. The standard InChI is InChI=1S/C15H15ClFNO2S/c1-18(11-12-5-3-2-4-6-12)21(19,20)15-8-7-13(10-16)9-14(15)17/h2-9H,10-11H2,1H3. The van der Waals surface area contributed by atoms with Crippen LogP contribution >= 0.6 is 11.6 Å². The number of rotatable bonds is 5. The maximum atomic E-state index is 14.0. The number of nitrogens with zero attached hydrogens (tertiary/aromatic N) is 1. The monoisotopic (exact) mass is 327 g/mol. The molecule has 0 aliphatic carbocycles. The molecule has 0 saturated heterocycles. The lowest BCUT2D eigenvalue weighted by Gasteiger charge is -2.18. The molecule has 6 heteroatoms. The van der Waals surface area contributed by atoms with E-state index >= 15 is 0 Å². The van der Waals surface area contributed by atoms with Crippen molar-refractivity contribution >= 4 is 21.6 Å². The minimum Gasteiger partial charge on any atom is -0.207 e. The van der Waals surface area contributed by atoms with E-state index in [0.29, 0.717) is 5.56 Å². The summed E-state index contributed by atoms with van der Waals surface area (Å²) in [4.78, 5) is -0.338. The lowest BCUT2D eigenvalue weighted by molar-refractivity contribution is 0.460. The molecule has 2 aromatic carbocycles. The zero-order chi connectivity index (χ0) is 15.5. The van der Waals surface area contributed by atoms with Crippen LogP contribution in [0, 0.1) is 5.82 Å². The smallest absolute Gasteiger partial charge is 0.207 e. The highest BCUT2D eigenvalue weighted by molar-refractivity contribution is 7.89. The minimum atomic E-state index is -3.88. The summed E-state index contributed by atoms with van der Waals surface area (Å²) in [5.41, 5.74) is 1.38. The van der Waals surface area contributed by atoms with Crippen molar-refractivity contribution in [2.75, 3.05) is 7.05 Å². The van der Waals surface area contributed by atoms with Gasteiger partial charge in [-0.1, -0.05) is 36.4 Å². The van der Waals surface area contributed by atoms with Gasteiger partial charge in [0.2, 0.25) is 10.0 Å². The highest BCUT2D eigenvalue weighted by Gasteiger charge is 2.24. The topological polar surface area (TPSA) is 37.4 Å². The van der Waals surface area contributed by atoms with Crippen molar-refractivity contribution in [1.82, 2.24) is 4.31 Å². The Labute approximate surface area is 129 Å². The van der Waals surface area contributed by atoms with Gasteiger partial charge in [-0.3, -0.25) is 0 Å². The fourth-order valence-electron chi connectivity index (χ4n) is 1.93. The van der Waals surface area contributed by atoms with Crippen LogP contribution in [0.2, 0.25) is 0 Å². The molecule has 0 aliphatic heterocycles. The first-order valence-electron chi connectivity index (χ1n) is 6.30. The summed E-state index contributed by atoms with van der Waals surface area (Å²) < 4.78 is 39.9. The first-order chi connectivity index (χ1) is 9.95. The van der Waals surface area contributed by atoms with Gasteiger partial charge in [0.15, 0.2) is 0 Å². The number of alkyl halides is 1. The molecule has 0 bridgehead atoms. The molecule has 0 aliphatic rings. The molecule has 0 spiro atoms. The summed E-state index contributed by atoms with van der Waals surface area (Å²) >= 11 is 5.61. The van der Waals surface area contributed by atoms with Crippen LogP contribution < -0.4 is 0 Å². The van der Waals surface area contributed by atoms with E-state index < -0.39 is 15.8 Å². The van der Waals surface area contributed by atoms with Crippen molar-refractivity contribution in [3.05, 3.63) is 65.5 Å². The van der Waals surface area contributed by atoms with E-state index in [9.17, 15) is 12.8 Å². The fourth-order valence-corrected chi connectivity index (χ4v) is 3.30. The largest absolute Gasteiger partial charge is 0.246 e. The third kappa shape index (κ3) is 3.61. The van der Waals surface area contributed by atoms with E-state index in [1.807, 2.05) is 30.3 Å². The Bertz CT molecular complexity index is 720. The van der Waals surface area contributed by atoms with Crippen LogP contribution in [-0.2, 0) is 22.4 Å². The summed E-state index contributed by atoms with van der Waals surface area (Å²) in [6.07, 6.45) is 0. The highest BCUT2D eigenvalue weighted by atomic mass is 35.5. The molecular formula is C15H15ClFNO2S. The first-order valence-corrected chi connectivity index (χ1v) is 8.27. The van der Waals surface area contributed by atoms with E-state index in [4.69, 9.17) is 11.6 Å². The Hall–Kier alpha value is -1.43. The Morgan fingerprint density at radius 2 is 1.76 bits per heavy atom. The van der Waals surface area contributed by atoms with E-state index in [2.05, 4.69) is 0 Å². The summed E-state index contributed by atoms with van der Waals surface area (Å²) in [6, 6.07) is 13.1. The Balaban J connectivity index is 2.29. The maximum Gasteiger partial charge on any atom is 0.246 e. The molecular weight excluding hydrogens is 313 g/mol. The van der Waals surface area contributed by atoms with Gasteiger partial charge in [0.1, 0.15) is 10.7 Å². The SMILES string of the molecule is CN(Cc1ccccc1)S(=O)(=O)c1ccc(CCl)cc1F. The predicted octanol–water partition coefficient (Wildman–Crippen LogP) is 3.39. The van der Waals surface area contributed by atoms with Gasteiger partial charge in [-0.25, -0.2) is 12.8 Å². The van der Waals surface area contributed by atoms with Crippen LogP contribution in [0.25, 0.3) is 0 Å². The molecule has 21 heavy (non-hydrogen) atoms. The Kier molecular flexibility index (Phi) is 4.98. The summed E-state index contributed by atoms with van der Waals surface area (Å²) in [6.45, 7) is 0.180. The lowest BCUT2D eigenvalue weighted by atomic mass is 10.2. The second-order valence-electron chi connectivity index (χ2n) is 4.65. The van der Waals surface area contributed by atoms with Crippen LogP contribution in [0.1, 0.15) is 11.1 Å². The van der Waals surface area contributed by atoms with Crippen LogP contribution in [-0.4, -0.2) is 19.8 Å². The zero-order valence-electron chi connectivity index (χ0n) is 11.5. The molecule has 0 amide bonds. The van der Waals surface area contributed by atoms with Crippen LogP contribution in [0.5, 0.6) is 0 Å². The van der Waals surface area contributed by atoms with Gasteiger partial charge in [0.05, 0.1) is 0 Å². The maximum absolute atomic E-state index is 14.0. The van der Waals surface area contributed by atoms with Gasteiger partial charge in [0, 0.05) is 19.5 Å². The normalized spacial score (nSPS) is 11.8. The lowest BCUT2D eigenvalue weighted by Crippen LogP contribution is -2.27. The average Bonchev–Trinajstić information content (AvgIpc) is 2.47. The Morgan fingerprint density at radius 1 is 1.10 bits per heavy atom. The molecule has 0 heterocycles. The zero-order valence-corrected chi connectivity index (χ0v) is 13.0. The quantitative estimate of drug-likeness (QED) is 0.789. The second-order valence-corrected chi connectivity index (χ2v) is 6.93. The average molecular weight is 328 g/mol. The van der Waals surface area contributed by atoms with E-state index in [1.165, 1.54) is 19.2 Å². The van der Waals surface area contributed by atoms with Gasteiger partial charge < -0.3 is 0 Å². The van der Waals surface area contributed by atoms with Gasteiger partial charge in [-0.05, 0) is 23.3 Å². The fraction of sp³-hybridized carbons (Fsp3) is 0.200. The summed E-state index contributed by atoms with van der Waals surface area (Å²) in [5, 5.41) is 0. The molecule has 0 N–H and O–H groups in total. The molecule has 0 aromatic heterocycles. The number of hydrogen-bond donors (Lipinski definition) is 0. The second kappa shape index (κ2) is 6.56. The molecule has 0 fully saturated rings. The van der Waals surface area contributed by atoms with Gasteiger partial charge in [-0.15, -0.1) is 11.6 Å². The summed E-state index contributed by atoms with van der Waals surface area (Å²) in [5.74, 6) is -0.648. The molecule has 2 rings (SSSR count). The highest BCUT2D eigenvalue weighted by Crippen LogP contribution is 2.21.